The fourth-order valence-corrected chi connectivity index (χ4v) is 4.42. The third kappa shape index (κ3) is 5.95. The average molecular weight is 503 g/mol. The first-order chi connectivity index (χ1) is 17.5. The molecule has 0 radical (unpaired) electrons. The van der Waals surface area contributed by atoms with Gasteiger partial charge in [0.05, 0.1) is 29.9 Å². The lowest BCUT2D eigenvalue weighted by Crippen LogP contribution is -2.23. The molecule has 1 amide bonds. The number of rotatable bonds is 8. The molecule has 0 bridgehead atoms. The maximum atomic E-state index is 12.8. The standard InChI is InChI=1S/C28H26N2O5S/c1-4-34-27(32)21-11-13-22(14-12-21)29-28-30(2)26(31)25(36-28)17-20-10-15-23(24(16-20)33-3)35-18-19-8-6-5-7-9-19/h5-17H,4,18H2,1-3H3/b25-17-,29-28?. The molecule has 0 aromatic heterocycles. The molecule has 0 saturated carbocycles. The molecule has 36 heavy (non-hydrogen) atoms. The molecule has 0 atom stereocenters. The van der Waals surface area contributed by atoms with Crippen LogP contribution in [0.1, 0.15) is 28.4 Å². The van der Waals surface area contributed by atoms with Crippen LogP contribution in [0.25, 0.3) is 6.08 Å². The van der Waals surface area contributed by atoms with Crippen LogP contribution in [0.2, 0.25) is 0 Å². The van der Waals surface area contributed by atoms with Gasteiger partial charge in [0.2, 0.25) is 0 Å². The topological polar surface area (TPSA) is 77.4 Å². The van der Waals surface area contributed by atoms with E-state index in [0.717, 1.165) is 11.1 Å². The molecule has 1 aliphatic heterocycles. The van der Waals surface area contributed by atoms with Gasteiger partial charge in [0.25, 0.3) is 5.91 Å². The third-order valence-corrected chi connectivity index (χ3v) is 6.39. The van der Waals surface area contributed by atoms with Crippen LogP contribution in [0, 0.1) is 0 Å². The number of esters is 1. The van der Waals surface area contributed by atoms with E-state index in [2.05, 4.69) is 4.99 Å². The SMILES string of the molecule is CCOC(=O)c1ccc(N=C2S/C(=C\c3ccc(OCc4ccccc4)c(OC)c3)C(=O)N2C)cc1. The largest absolute Gasteiger partial charge is 0.493 e. The van der Waals surface area contributed by atoms with Crippen molar-refractivity contribution in [3.63, 3.8) is 0 Å². The molecular formula is C28H26N2O5S. The van der Waals surface area contributed by atoms with Crippen molar-refractivity contribution >= 4 is 40.6 Å². The molecule has 8 heteroatoms. The molecule has 0 aliphatic carbocycles. The molecule has 3 aromatic carbocycles. The molecule has 1 heterocycles. The summed E-state index contributed by atoms with van der Waals surface area (Å²) in [6, 6.07) is 22.2. The lowest BCUT2D eigenvalue weighted by Gasteiger charge is -2.11. The van der Waals surface area contributed by atoms with Crippen LogP contribution in [-0.2, 0) is 16.1 Å². The average Bonchev–Trinajstić information content (AvgIpc) is 3.16. The second-order valence-corrected chi connectivity index (χ2v) is 8.83. The van der Waals surface area contributed by atoms with Crippen molar-refractivity contribution in [3.05, 3.63) is 94.4 Å². The minimum absolute atomic E-state index is 0.148. The highest BCUT2D eigenvalue weighted by Gasteiger charge is 2.30. The van der Waals surface area contributed by atoms with Gasteiger partial charge < -0.3 is 14.2 Å². The highest BCUT2D eigenvalue weighted by molar-refractivity contribution is 8.18. The molecule has 4 rings (SSSR count). The number of hydrogen-bond donors (Lipinski definition) is 0. The predicted molar refractivity (Wildman–Crippen MR) is 142 cm³/mol. The van der Waals surface area contributed by atoms with Gasteiger partial charge in [-0.15, -0.1) is 0 Å². The predicted octanol–water partition coefficient (Wildman–Crippen LogP) is 5.68. The van der Waals surface area contributed by atoms with Crippen molar-refractivity contribution < 1.29 is 23.8 Å². The molecule has 1 saturated heterocycles. The first kappa shape index (κ1) is 25.1. The molecule has 0 unspecified atom stereocenters. The Morgan fingerprint density at radius 1 is 1.03 bits per heavy atom. The van der Waals surface area contributed by atoms with Crippen molar-refractivity contribution in [2.75, 3.05) is 20.8 Å². The normalized spacial score (nSPS) is 15.4. The zero-order chi connectivity index (χ0) is 25.5. The maximum absolute atomic E-state index is 12.8. The fourth-order valence-electron chi connectivity index (χ4n) is 3.43. The smallest absolute Gasteiger partial charge is 0.338 e. The number of hydrogen-bond acceptors (Lipinski definition) is 7. The van der Waals surface area contributed by atoms with Gasteiger partial charge >= 0.3 is 5.97 Å². The summed E-state index contributed by atoms with van der Waals surface area (Å²) in [5.74, 6) is 0.681. The van der Waals surface area contributed by atoms with Crippen LogP contribution in [0.15, 0.2) is 82.7 Å². The number of methoxy groups -OCH3 is 1. The molecule has 7 nitrogen and oxygen atoms in total. The van der Waals surface area contributed by atoms with Gasteiger partial charge in [0.1, 0.15) is 6.61 Å². The summed E-state index contributed by atoms with van der Waals surface area (Å²) >= 11 is 1.28. The second kappa shape index (κ2) is 11.6. The van der Waals surface area contributed by atoms with Crippen molar-refractivity contribution in [2.45, 2.75) is 13.5 Å². The Labute approximate surface area is 214 Å². The van der Waals surface area contributed by atoms with Crippen LogP contribution < -0.4 is 9.47 Å². The van der Waals surface area contributed by atoms with E-state index in [-0.39, 0.29) is 11.9 Å². The van der Waals surface area contributed by atoms with Gasteiger partial charge in [0, 0.05) is 7.05 Å². The molecule has 1 aliphatic rings. The highest BCUT2D eigenvalue weighted by atomic mass is 32.2. The van der Waals surface area contributed by atoms with Crippen molar-refractivity contribution in [3.8, 4) is 11.5 Å². The number of amides is 1. The number of nitrogens with zero attached hydrogens (tertiary/aromatic N) is 2. The highest BCUT2D eigenvalue weighted by Crippen LogP contribution is 2.35. The molecule has 0 N–H and O–H groups in total. The number of thioether (sulfide) groups is 1. The quantitative estimate of drug-likeness (QED) is 0.291. The molecule has 184 valence electrons. The van der Waals surface area contributed by atoms with Crippen LogP contribution in [0.5, 0.6) is 11.5 Å². The molecular weight excluding hydrogens is 476 g/mol. The lowest BCUT2D eigenvalue weighted by atomic mass is 10.2. The van der Waals surface area contributed by atoms with Crippen LogP contribution in [0.3, 0.4) is 0 Å². The summed E-state index contributed by atoms with van der Waals surface area (Å²) in [5, 5.41) is 0.546. The van der Waals surface area contributed by atoms with Gasteiger partial charge in [-0.3, -0.25) is 9.69 Å². The van der Waals surface area contributed by atoms with E-state index in [1.165, 1.54) is 16.7 Å². The van der Waals surface area contributed by atoms with Gasteiger partial charge in [0.15, 0.2) is 16.7 Å². The lowest BCUT2D eigenvalue weighted by molar-refractivity contribution is -0.121. The van der Waals surface area contributed by atoms with Gasteiger partial charge in [-0.25, -0.2) is 9.79 Å². The Morgan fingerprint density at radius 2 is 1.78 bits per heavy atom. The number of aliphatic imine (C=N–C) groups is 1. The van der Waals surface area contributed by atoms with Gasteiger partial charge in [-0.1, -0.05) is 36.4 Å². The molecule has 3 aromatic rings. The second-order valence-electron chi connectivity index (χ2n) is 7.82. The number of benzene rings is 3. The number of carbonyl (C=O) groups excluding carboxylic acids is 2. The number of amidine groups is 1. The van der Waals surface area contributed by atoms with E-state index in [4.69, 9.17) is 14.2 Å². The van der Waals surface area contributed by atoms with Crippen molar-refractivity contribution in [2.24, 2.45) is 4.99 Å². The molecule has 1 fully saturated rings. The Balaban J connectivity index is 1.49. The summed E-state index contributed by atoms with van der Waals surface area (Å²) in [6.07, 6.45) is 1.80. The summed E-state index contributed by atoms with van der Waals surface area (Å²) in [6.45, 7) is 2.51. The molecule has 0 spiro atoms. The minimum atomic E-state index is -0.378. The monoisotopic (exact) mass is 502 g/mol. The summed E-state index contributed by atoms with van der Waals surface area (Å²) in [7, 11) is 3.27. The zero-order valence-corrected chi connectivity index (χ0v) is 21.1. The van der Waals surface area contributed by atoms with E-state index in [1.54, 1.807) is 51.4 Å². The van der Waals surface area contributed by atoms with Crippen LogP contribution in [-0.4, -0.2) is 42.7 Å². The number of ether oxygens (including phenoxy) is 3. The van der Waals surface area contributed by atoms with Gasteiger partial charge in [-0.2, -0.15) is 0 Å². The van der Waals surface area contributed by atoms with Crippen molar-refractivity contribution in [1.29, 1.82) is 0 Å². The first-order valence-corrected chi connectivity index (χ1v) is 12.2. The van der Waals surface area contributed by atoms with E-state index in [9.17, 15) is 9.59 Å². The van der Waals surface area contributed by atoms with E-state index >= 15 is 0 Å². The van der Waals surface area contributed by atoms with Crippen LogP contribution >= 0.6 is 11.8 Å². The van der Waals surface area contributed by atoms with Crippen LogP contribution in [0.4, 0.5) is 5.69 Å². The Kier molecular flexibility index (Phi) is 8.07. The third-order valence-electron chi connectivity index (χ3n) is 5.33. The summed E-state index contributed by atoms with van der Waals surface area (Å²) in [5.41, 5.74) is 2.95. The summed E-state index contributed by atoms with van der Waals surface area (Å²) < 4.78 is 16.4. The van der Waals surface area contributed by atoms with Gasteiger partial charge in [-0.05, 0) is 72.3 Å². The summed E-state index contributed by atoms with van der Waals surface area (Å²) in [4.78, 5) is 31.3. The number of likely N-dealkylation sites (N-methyl/N-ethyl adjacent to an activating group) is 1. The van der Waals surface area contributed by atoms with E-state index < -0.39 is 0 Å². The zero-order valence-electron chi connectivity index (χ0n) is 20.3. The minimum Gasteiger partial charge on any atom is -0.493 e. The maximum Gasteiger partial charge on any atom is 0.338 e. The Morgan fingerprint density at radius 3 is 2.47 bits per heavy atom. The first-order valence-electron chi connectivity index (χ1n) is 11.4. The van der Waals surface area contributed by atoms with E-state index in [0.29, 0.717) is 46.0 Å². The number of carbonyl (C=O) groups is 2. The van der Waals surface area contributed by atoms with E-state index in [1.807, 2.05) is 48.5 Å². The van der Waals surface area contributed by atoms with Crippen molar-refractivity contribution in [1.82, 2.24) is 4.90 Å². The Bertz CT molecular complexity index is 1300. The fraction of sp³-hybridized carbons (Fsp3) is 0.179. The Hall–Kier alpha value is -4.04.